The molecule has 0 saturated carbocycles. The van der Waals surface area contributed by atoms with Crippen molar-refractivity contribution in [1.82, 2.24) is 9.55 Å². The Kier molecular flexibility index (Phi) is 4.53. The molecule has 21 heavy (non-hydrogen) atoms. The van der Waals surface area contributed by atoms with E-state index in [2.05, 4.69) is 4.98 Å². The molecule has 0 aliphatic carbocycles. The largest absolute Gasteiger partial charge is 0.497 e. The monoisotopic (exact) mass is 308 g/mol. The molecule has 0 aliphatic heterocycles. The van der Waals surface area contributed by atoms with Crippen LogP contribution < -0.4 is 16.0 Å². The van der Waals surface area contributed by atoms with E-state index in [1.807, 2.05) is 19.1 Å². The lowest BCUT2D eigenvalue weighted by Crippen LogP contribution is -2.39. The van der Waals surface area contributed by atoms with Crippen LogP contribution in [-0.2, 0) is 6.42 Å². The summed E-state index contributed by atoms with van der Waals surface area (Å²) in [7, 11) is 1.58. The smallest absolute Gasteiger partial charge is 0.330 e. The fourth-order valence-electron chi connectivity index (χ4n) is 2.25. The van der Waals surface area contributed by atoms with Gasteiger partial charge in [0, 0.05) is 0 Å². The molecule has 2 aromatic rings. The van der Waals surface area contributed by atoms with Crippen LogP contribution in [0.15, 0.2) is 33.9 Å². The van der Waals surface area contributed by atoms with Crippen molar-refractivity contribution in [2.75, 3.05) is 7.11 Å². The molecule has 1 unspecified atom stereocenters. The molecule has 0 spiro atoms. The minimum Gasteiger partial charge on any atom is -0.497 e. The van der Waals surface area contributed by atoms with Crippen LogP contribution in [-0.4, -0.2) is 16.7 Å². The first kappa shape index (κ1) is 15.4. The van der Waals surface area contributed by atoms with Crippen molar-refractivity contribution in [1.29, 1.82) is 0 Å². The van der Waals surface area contributed by atoms with Gasteiger partial charge < -0.3 is 4.74 Å². The van der Waals surface area contributed by atoms with Crippen molar-refractivity contribution in [3.63, 3.8) is 0 Å². The predicted molar refractivity (Wildman–Crippen MR) is 82.5 cm³/mol. The van der Waals surface area contributed by atoms with Crippen molar-refractivity contribution in [2.45, 2.75) is 26.3 Å². The Bertz CT molecular complexity index is 747. The maximum atomic E-state index is 12.4. The van der Waals surface area contributed by atoms with Gasteiger partial charge in [0.1, 0.15) is 10.9 Å². The third kappa shape index (κ3) is 2.88. The molecule has 5 nitrogen and oxygen atoms in total. The number of aromatic nitrogens is 2. The number of hydrogen-bond acceptors (Lipinski definition) is 3. The molecule has 0 aliphatic rings. The molecule has 0 bridgehead atoms. The highest BCUT2D eigenvalue weighted by molar-refractivity contribution is 6.30. The maximum absolute atomic E-state index is 12.4. The summed E-state index contributed by atoms with van der Waals surface area (Å²) >= 11 is 5.91. The normalized spacial score (nSPS) is 12.2. The van der Waals surface area contributed by atoms with E-state index in [9.17, 15) is 9.59 Å². The molecule has 2 rings (SSSR count). The summed E-state index contributed by atoms with van der Waals surface area (Å²) in [5.41, 5.74) is 0.393. The fourth-order valence-corrected chi connectivity index (χ4v) is 2.55. The summed E-state index contributed by atoms with van der Waals surface area (Å²) in [6, 6.07) is 6.85. The van der Waals surface area contributed by atoms with Gasteiger partial charge in [-0.15, -0.1) is 0 Å². The second kappa shape index (κ2) is 6.18. The van der Waals surface area contributed by atoms with Crippen LogP contribution >= 0.6 is 11.6 Å². The Hall–Kier alpha value is -2.01. The quantitative estimate of drug-likeness (QED) is 0.882. The van der Waals surface area contributed by atoms with E-state index in [4.69, 9.17) is 16.3 Å². The number of ether oxygens (including phenoxy) is 1. The summed E-state index contributed by atoms with van der Waals surface area (Å²) in [4.78, 5) is 27.0. The molecular weight excluding hydrogens is 292 g/mol. The van der Waals surface area contributed by atoms with Crippen LogP contribution in [0.5, 0.6) is 5.75 Å². The maximum Gasteiger partial charge on any atom is 0.330 e. The van der Waals surface area contributed by atoms with Gasteiger partial charge in [-0.3, -0.25) is 14.3 Å². The van der Waals surface area contributed by atoms with Gasteiger partial charge in [-0.2, -0.15) is 0 Å². The van der Waals surface area contributed by atoms with Gasteiger partial charge in [0.25, 0.3) is 5.56 Å². The van der Waals surface area contributed by atoms with Crippen molar-refractivity contribution in [3.8, 4) is 5.75 Å². The van der Waals surface area contributed by atoms with Crippen molar-refractivity contribution in [2.24, 2.45) is 0 Å². The number of nitrogens with one attached hydrogen (secondary N) is 1. The average molecular weight is 309 g/mol. The molecule has 112 valence electrons. The van der Waals surface area contributed by atoms with E-state index in [1.54, 1.807) is 26.2 Å². The summed E-state index contributed by atoms with van der Waals surface area (Å²) in [6.45, 7) is 3.62. The average Bonchev–Trinajstić information content (AvgIpc) is 2.47. The van der Waals surface area contributed by atoms with Crippen LogP contribution in [0.3, 0.4) is 0 Å². The number of rotatable bonds is 4. The Morgan fingerprint density at radius 1 is 1.29 bits per heavy atom. The van der Waals surface area contributed by atoms with Crippen LogP contribution in [0.25, 0.3) is 0 Å². The molecule has 1 aromatic carbocycles. The molecule has 0 fully saturated rings. The van der Waals surface area contributed by atoms with E-state index in [0.29, 0.717) is 12.0 Å². The highest BCUT2D eigenvalue weighted by atomic mass is 35.5. The van der Waals surface area contributed by atoms with E-state index in [-0.39, 0.29) is 10.7 Å². The summed E-state index contributed by atoms with van der Waals surface area (Å²) in [5, 5.41) is 0.116. The topological polar surface area (TPSA) is 64.1 Å². The summed E-state index contributed by atoms with van der Waals surface area (Å²) in [6.07, 6.45) is 0.462. The molecule has 0 amide bonds. The van der Waals surface area contributed by atoms with Crippen molar-refractivity contribution in [3.05, 3.63) is 61.4 Å². The molecular formula is C15H17ClN2O3. The van der Waals surface area contributed by atoms with E-state index in [1.165, 1.54) is 4.57 Å². The highest BCUT2D eigenvalue weighted by Crippen LogP contribution is 2.19. The number of halogens is 1. The summed E-state index contributed by atoms with van der Waals surface area (Å²) < 4.78 is 6.29. The van der Waals surface area contributed by atoms with Gasteiger partial charge in [0.2, 0.25) is 0 Å². The Labute approximate surface area is 127 Å². The van der Waals surface area contributed by atoms with Crippen LogP contribution in [0, 0.1) is 0 Å². The standard InChI is InChI=1S/C15H17ClN2O3/c1-4-12-13(16)17-15(20)18(14(12)19)9(2)10-5-7-11(21-3)8-6-10/h5-9H,4H2,1-3H3,(H,17,20). The minimum atomic E-state index is -0.509. The molecule has 1 heterocycles. The Balaban J connectivity index is 2.55. The van der Waals surface area contributed by atoms with E-state index < -0.39 is 11.7 Å². The Morgan fingerprint density at radius 2 is 1.90 bits per heavy atom. The molecule has 1 atom stereocenters. The highest BCUT2D eigenvalue weighted by Gasteiger charge is 2.17. The SMILES string of the molecule is CCc1c(Cl)[nH]c(=O)n(C(C)c2ccc(OC)cc2)c1=O. The number of hydrogen-bond donors (Lipinski definition) is 1. The van der Waals surface area contributed by atoms with E-state index in [0.717, 1.165) is 11.3 Å². The lowest BCUT2D eigenvalue weighted by molar-refractivity contribution is 0.414. The van der Waals surface area contributed by atoms with Gasteiger partial charge in [0.05, 0.1) is 18.7 Å². The summed E-state index contributed by atoms with van der Waals surface area (Å²) in [5.74, 6) is 0.720. The first-order valence-corrected chi connectivity index (χ1v) is 7.04. The van der Waals surface area contributed by atoms with Crippen LogP contribution in [0.4, 0.5) is 0 Å². The van der Waals surface area contributed by atoms with E-state index >= 15 is 0 Å². The second-order valence-corrected chi connectivity index (χ2v) is 5.08. The molecule has 1 aromatic heterocycles. The second-order valence-electron chi connectivity index (χ2n) is 4.70. The zero-order valence-electron chi connectivity index (χ0n) is 12.1. The minimum absolute atomic E-state index is 0.116. The van der Waals surface area contributed by atoms with Gasteiger partial charge in [0.15, 0.2) is 0 Å². The Morgan fingerprint density at radius 3 is 2.43 bits per heavy atom. The molecule has 0 saturated heterocycles. The number of methoxy groups -OCH3 is 1. The number of aromatic amines is 1. The lowest BCUT2D eigenvalue weighted by Gasteiger charge is -2.16. The first-order valence-electron chi connectivity index (χ1n) is 6.66. The van der Waals surface area contributed by atoms with Crippen LogP contribution in [0.2, 0.25) is 5.15 Å². The first-order chi connectivity index (χ1) is 9.99. The molecule has 0 radical (unpaired) electrons. The van der Waals surface area contributed by atoms with Gasteiger partial charge >= 0.3 is 5.69 Å². The zero-order chi connectivity index (χ0) is 15.6. The van der Waals surface area contributed by atoms with Gasteiger partial charge in [-0.25, -0.2) is 4.79 Å². The van der Waals surface area contributed by atoms with Crippen molar-refractivity contribution < 1.29 is 4.74 Å². The number of benzene rings is 1. The van der Waals surface area contributed by atoms with Gasteiger partial charge in [-0.05, 0) is 31.0 Å². The third-order valence-corrected chi connectivity index (χ3v) is 3.84. The zero-order valence-corrected chi connectivity index (χ0v) is 12.9. The number of nitrogens with zero attached hydrogens (tertiary/aromatic N) is 1. The van der Waals surface area contributed by atoms with Gasteiger partial charge in [-0.1, -0.05) is 30.7 Å². The third-order valence-electron chi connectivity index (χ3n) is 3.52. The van der Waals surface area contributed by atoms with Crippen molar-refractivity contribution >= 4 is 11.6 Å². The molecule has 6 heteroatoms. The predicted octanol–water partition coefficient (Wildman–Crippen LogP) is 2.37. The lowest BCUT2D eigenvalue weighted by atomic mass is 10.1. The fraction of sp³-hybridized carbons (Fsp3) is 0.333. The molecule has 1 N–H and O–H groups in total. The number of H-pyrrole nitrogens is 1. The van der Waals surface area contributed by atoms with Crippen LogP contribution in [0.1, 0.15) is 31.0 Å².